The summed E-state index contributed by atoms with van der Waals surface area (Å²) in [4.78, 5) is 4.35. The van der Waals surface area contributed by atoms with Crippen LogP contribution in [0, 0.1) is 0 Å². The molecule has 7 aromatic carbocycles. The number of fused-ring (bicyclic) bond motifs is 6. The van der Waals surface area contributed by atoms with Crippen molar-refractivity contribution in [3.8, 4) is 11.4 Å². The number of benzene rings is 7. The van der Waals surface area contributed by atoms with Gasteiger partial charge in [0, 0.05) is 41.1 Å². The van der Waals surface area contributed by atoms with Crippen LogP contribution in [0.4, 0.5) is 0 Å². The first-order valence-corrected chi connectivity index (χ1v) is 21.4. The highest BCUT2D eigenvalue weighted by molar-refractivity contribution is 7.99. The zero-order valence-electron chi connectivity index (χ0n) is 32.3. The number of hydrogen-bond acceptors (Lipinski definition) is 2. The molecule has 0 radical (unpaired) electrons. The molecule has 0 amide bonds. The van der Waals surface area contributed by atoms with Gasteiger partial charge in [-0.05, 0) is 94.8 Å². The summed E-state index contributed by atoms with van der Waals surface area (Å²) in [5.74, 6) is 0. The monoisotopic (exact) mass is 804 g/mol. The fraction of sp³-hybridized carbons (Fsp3) is 0.160. The number of hydrogen-bond donors (Lipinski definition) is 0. The molecule has 0 saturated carbocycles. The van der Waals surface area contributed by atoms with Crippen molar-refractivity contribution in [1.82, 2.24) is 9.13 Å². The second kappa shape index (κ2) is 14.1. The van der Waals surface area contributed by atoms with Gasteiger partial charge in [0.25, 0.3) is 0 Å². The molecule has 0 aliphatic carbocycles. The van der Waals surface area contributed by atoms with Gasteiger partial charge in [-0.2, -0.15) is 0 Å². The van der Waals surface area contributed by atoms with Gasteiger partial charge in [-0.15, -0.1) is 0 Å². The molecular weight excluding hydrogens is 764 g/mol. The molecule has 0 unspecified atom stereocenters. The molecule has 2 nitrogen and oxygen atoms in total. The van der Waals surface area contributed by atoms with Crippen LogP contribution in [-0.2, 0) is 10.8 Å². The molecule has 9 rings (SSSR count). The van der Waals surface area contributed by atoms with E-state index in [4.69, 9.17) is 23.2 Å². The van der Waals surface area contributed by atoms with Crippen LogP contribution in [0.15, 0.2) is 165 Å². The first-order chi connectivity index (χ1) is 26.9. The van der Waals surface area contributed by atoms with Crippen molar-refractivity contribution in [3.63, 3.8) is 0 Å². The topological polar surface area (TPSA) is 9.86 Å². The molecule has 0 saturated heterocycles. The molecule has 9 aromatic rings. The van der Waals surface area contributed by atoms with Gasteiger partial charge in [0.2, 0.25) is 0 Å². The fourth-order valence-electron chi connectivity index (χ4n) is 7.75. The molecule has 0 atom stereocenters. The Hall–Kier alpha value is -4.58. The second-order valence-corrected chi connectivity index (χ2v) is 19.5. The van der Waals surface area contributed by atoms with Gasteiger partial charge in [-0.3, -0.25) is 0 Å². The predicted molar refractivity (Wildman–Crippen MR) is 244 cm³/mol. The predicted octanol–water partition coefficient (Wildman–Crippen LogP) is 16.1. The van der Waals surface area contributed by atoms with Crippen molar-refractivity contribution >= 4 is 90.3 Å². The van der Waals surface area contributed by atoms with E-state index in [1.54, 1.807) is 23.5 Å². The van der Waals surface area contributed by atoms with Crippen molar-refractivity contribution in [2.24, 2.45) is 0 Å². The molecule has 0 fully saturated rings. The van der Waals surface area contributed by atoms with Crippen molar-refractivity contribution in [1.29, 1.82) is 0 Å². The maximum absolute atomic E-state index is 7.43. The summed E-state index contributed by atoms with van der Waals surface area (Å²) in [5.41, 5.74) is 9.11. The summed E-state index contributed by atoms with van der Waals surface area (Å²) >= 11 is 18.3. The van der Waals surface area contributed by atoms with Gasteiger partial charge in [0.05, 0.1) is 43.5 Å². The lowest BCUT2D eigenvalue weighted by Crippen LogP contribution is -2.10. The molecule has 0 spiro atoms. The van der Waals surface area contributed by atoms with Crippen LogP contribution in [0.5, 0.6) is 0 Å². The van der Waals surface area contributed by atoms with E-state index in [1.807, 2.05) is 0 Å². The molecule has 278 valence electrons. The fourth-order valence-corrected chi connectivity index (χ4v) is 10.1. The van der Waals surface area contributed by atoms with Crippen LogP contribution >= 0.6 is 46.7 Å². The third-order valence-electron chi connectivity index (χ3n) is 10.7. The molecule has 2 aromatic heterocycles. The van der Waals surface area contributed by atoms with Gasteiger partial charge < -0.3 is 9.13 Å². The molecule has 0 N–H and O–H groups in total. The Morgan fingerprint density at radius 2 is 0.786 bits per heavy atom. The van der Waals surface area contributed by atoms with Gasteiger partial charge in [-0.1, -0.05) is 161 Å². The minimum Gasteiger partial charge on any atom is -0.308 e. The van der Waals surface area contributed by atoms with E-state index in [1.165, 1.54) is 32.7 Å². The highest BCUT2D eigenvalue weighted by atomic mass is 35.5. The van der Waals surface area contributed by atoms with Crippen LogP contribution in [-0.4, -0.2) is 9.13 Å². The van der Waals surface area contributed by atoms with Gasteiger partial charge in [0.15, 0.2) is 0 Å². The number of rotatable bonds is 6. The maximum atomic E-state index is 7.43. The van der Waals surface area contributed by atoms with Crippen LogP contribution in [0.2, 0.25) is 10.0 Å². The average Bonchev–Trinajstić information content (AvgIpc) is 3.67. The van der Waals surface area contributed by atoms with Crippen LogP contribution in [0.25, 0.3) is 55.0 Å². The largest absolute Gasteiger partial charge is 0.308 e. The van der Waals surface area contributed by atoms with Gasteiger partial charge >= 0.3 is 0 Å². The van der Waals surface area contributed by atoms with E-state index < -0.39 is 0 Å². The van der Waals surface area contributed by atoms with Crippen molar-refractivity contribution in [3.05, 3.63) is 167 Å². The summed E-state index contributed by atoms with van der Waals surface area (Å²) in [7, 11) is 0. The Morgan fingerprint density at radius 3 is 1.18 bits per heavy atom. The standard InChI is InChI=1S/C50H42Cl2N2S2/c1-49(2,3)31-21-25-33(26-22-31)55-45-19-11-17-41(47(45)51)53-39-15-9-7-13-35(39)37-29-38-36-14-8-10-16-40(36)54(44(38)30-43(37)53)42-18-12-20-46(48(42)52)56-34-27-23-32(24-28-34)50(4,5)6/h7-30H,1-6H3. The smallest absolute Gasteiger partial charge is 0.0786 e. The molecule has 0 aliphatic rings. The third-order valence-corrected chi connectivity index (χ3v) is 13.9. The number of para-hydroxylation sites is 2. The zero-order chi connectivity index (χ0) is 38.9. The van der Waals surface area contributed by atoms with E-state index in [2.05, 4.69) is 196 Å². The van der Waals surface area contributed by atoms with E-state index in [0.717, 1.165) is 63.1 Å². The van der Waals surface area contributed by atoms with Crippen molar-refractivity contribution in [2.75, 3.05) is 0 Å². The van der Waals surface area contributed by atoms with Crippen molar-refractivity contribution < 1.29 is 0 Å². The lowest BCUT2D eigenvalue weighted by atomic mass is 9.87. The first kappa shape index (κ1) is 37.0. The minimum absolute atomic E-state index is 0.0977. The lowest BCUT2D eigenvalue weighted by molar-refractivity contribution is 0.589. The average molecular weight is 806 g/mol. The Bertz CT molecular complexity index is 2740. The molecular formula is C50H42Cl2N2S2. The quantitative estimate of drug-likeness (QED) is 0.166. The number of nitrogens with zero attached hydrogens (tertiary/aromatic N) is 2. The van der Waals surface area contributed by atoms with E-state index in [9.17, 15) is 0 Å². The Morgan fingerprint density at radius 1 is 0.393 bits per heavy atom. The third kappa shape index (κ3) is 6.51. The maximum Gasteiger partial charge on any atom is 0.0786 e. The number of halogens is 2. The van der Waals surface area contributed by atoms with Crippen LogP contribution < -0.4 is 0 Å². The summed E-state index contributed by atoms with van der Waals surface area (Å²) in [6.45, 7) is 13.5. The lowest BCUT2D eigenvalue weighted by Gasteiger charge is -2.19. The molecule has 56 heavy (non-hydrogen) atoms. The zero-order valence-corrected chi connectivity index (χ0v) is 35.5. The normalized spacial score (nSPS) is 12.4. The van der Waals surface area contributed by atoms with Crippen LogP contribution in [0.3, 0.4) is 0 Å². The Labute approximate surface area is 347 Å². The second-order valence-electron chi connectivity index (χ2n) is 16.5. The van der Waals surface area contributed by atoms with E-state index >= 15 is 0 Å². The van der Waals surface area contributed by atoms with Gasteiger partial charge in [0.1, 0.15) is 0 Å². The Balaban J connectivity index is 1.21. The van der Waals surface area contributed by atoms with Crippen LogP contribution in [0.1, 0.15) is 52.7 Å². The molecule has 2 heterocycles. The van der Waals surface area contributed by atoms with E-state index in [-0.39, 0.29) is 10.8 Å². The van der Waals surface area contributed by atoms with Crippen molar-refractivity contribution in [2.45, 2.75) is 72.0 Å². The summed E-state index contributed by atoms with van der Waals surface area (Å²) in [6, 6.07) is 52.4. The highest BCUT2D eigenvalue weighted by Crippen LogP contribution is 2.45. The van der Waals surface area contributed by atoms with E-state index in [0.29, 0.717) is 0 Å². The molecule has 6 heteroatoms. The van der Waals surface area contributed by atoms with Gasteiger partial charge in [-0.25, -0.2) is 0 Å². The summed E-state index contributed by atoms with van der Waals surface area (Å²) in [6.07, 6.45) is 0. The molecule has 0 aliphatic heterocycles. The SMILES string of the molecule is CC(C)(C)c1ccc(Sc2cccc(-n3c4ccccc4c4cc5c6ccccc6n(-c6cccc(Sc7ccc(C(C)(C)C)cc7)c6Cl)c5cc43)c2Cl)cc1. The first-order valence-electron chi connectivity index (χ1n) is 19.0. The summed E-state index contributed by atoms with van der Waals surface area (Å²) in [5, 5.41) is 6.17. The number of aromatic nitrogens is 2. The summed E-state index contributed by atoms with van der Waals surface area (Å²) < 4.78 is 4.66. The molecule has 0 bridgehead atoms. The minimum atomic E-state index is 0.0977. The highest BCUT2D eigenvalue weighted by Gasteiger charge is 2.22. The Kier molecular flexibility index (Phi) is 9.33.